The van der Waals surface area contributed by atoms with Crippen LogP contribution in [0.4, 0.5) is 0 Å². The van der Waals surface area contributed by atoms with Gasteiger partial charge in [-0.1, -0.05) is 0 Å². The van der Waals surface area contributed by atoms with Gasteiger partial charge in [-0.05, 0) is 44.0 Å². The molecule has 0 aliphatic carbocycles. The molecular formula is C12H18ClN3O2S. The van der Waals surface area contributed by atoms with Gasteiger partial charge in [0.2, 0.25) is 10.0 Å². The van der Waals surface area contributed by atoms with E-state index in [0.29, 0.717) is 24.1 Å². The van der Waals surface area contributed by atoms with Crippen LogP contribution in [-0.4, -0.2) is 21.0 Å². The quantitative estimate of drug-likeness (QED) is 0.857. The average molecular weight is 304 g/mol. The van der Waals surface area contributed by atoms with E-state index in [2.05, 4.69) is 4.72 Å². The predicted molar refractivity (Wildman–Crippen MR) is 76.6 cm³/mol. The van der Waals surface area contributed by atoms with Gasteiger partial charge in [0.05, 0.1) is 16.5 Å². The van der Waals surface area contributed by atoms with E-state index in [0.717, 1.165) is 0 Å². The minimum atomic E-state index is -3.52. The molecule has 19 heavy (non-hydrogen) atoms. The minimum Gasteiger partial charge on any atom is -0.328 e. The summed E-state index contributed by atoms with van der Waals surface area (Å²) in [4.78, 5) is 0.170. The number of aryl methyl sites for hydroxylation is 1. The first-order valence-electron chi connectivity index (χ1n) is 5.63. The Hall–Kier alpha value is -1.13. The van der Waals surface area contributed by atoms with Gasteiger partial charge in [-0.2, -0.15) is 5.26 Å². The lowest BCUT2D eigenvalue weighted by molar-refractivity contribution is 0.571. The molecule has 1 aromatic carbocycles. The standard InChI is InChI=1S/C12H17N3O2S.ClH/c1-9-7-12(4-3-11(9)8-13)18(16,17)15-6-5-10(2)14;/h3-4,7,10,15H,5-6,14H2,1-2H3;1H. The van der Waals surface area contributed by atoms with Crippen LogP contribution in [0, 0.1) is 18.3 Å². The Morgan fingerprint density at radius 2 is 2.11 bits per heavy atom. The van der Waals surface area contributed by atoms with Gasteiger partial charge in [0.1, 0.15) is 0 Å². The molecule has 1 aromatic rings. The first kappa shape index (κ1) is 17.9. The topological polar surface area (TPSA) is 96.0 Å². The lowest BCUT2D eigenvalue weighted by Crippen LogP contribution is -2.29. The molecule has 0 saturated heterocycles. The zero-order chi connectivity index (χ0) is 13.8. The second-order valence-electron chi connectivity index (χ2n) is 4.25. The highest BCUT2D eigenvalue weighted by Gasteiger charge is 2.14. The van der Waals surface area contributed by atoms with Crippen LogP contribution in [0.3, 0.4) is 0 Å². The molecule has 0 fully saturated rings. The lowest BCUT2D eigenvalue weighted by atomic mass is 10.1. The molecule has 0 saturated carbocycles. The largest absolute Gasteiger partial charge is 0.328 e. The molecule has 5 nitrogen and oxygen atoms in total. The fraction of sp³-hybridized carbons (Fsp3) is 0.417. The van der Waals surface area contributed by atoms with Crippen LogP contribution >= 0.6 is 12.4 Å². The van der Waals surface area contributed by atoms with E-state index in [-0.39, 0.29) is 23.3 Å². The molecule has 0 spiro atoms. The maximum Gasteiger partial charge on any atom is 0.240 e. The number of nitrogens with zero attached hydrogens (tertiary/aromatic N) is 1. The van der Waals surface area contributed by atoms with Gasteiger partial charge in [-0.25, -0.2) is 13.1 Å². The minimum absolute atomic E-state index is 0. The number of hydrogen-bond donors (Lipinski definition) is 2. The summed E-state index contributed by atoms with van der Waals surface area (Å²) in [5, 5.41) is 8.79. The van der Waals surface area contributed by atoms with Crippen molar-refractivity contribution < 1.29 is 8.42 Å². The normalized spacial score (nSPS) is 12.3. The summed E-state index contributed by atoms with van der Waals surface area (Å²) in [6.45, 7) is 3.83. The third-order valence-electron chi connectivity index (χ3n) is 2.52. The average Bonchev–Trinajstić information content (AvgIpc) is 2.28. The van der Waals surface area contributed by atoms with Crippen molar-refractivity contribution >= 4 is 22.4 Å². The Morgan fingerprint density at radius 3 is 2.58 bits per heavy atom. The molecule has 1 rings (SSSR count). The van der Waals surface area contributed by atoms with Crippen LogP contribution in [0.1, 0.15) is 24.5 Å². The van der Waals surface area contributed by atoms with Gasteiger partial charge in [0.15, 0.2) is 0 Å². The molecular weight excluding hydrogens is 286 g/mol. The summed E-state index contributed by atoms with van der Waals surface area (Å²) in [7, 11) is -3.52. The molecule has 7 heteroatoms. The van der Waals surface area contributed by atoms with Crippen molar-refractivity contribution in [3.8, 4) is 6.07 Å². The van der Waals surface area contributed by atoms with E-state index in [1.54, 1.807) is 6.92 Å². The zero-order valence-corrected chi connectivity index (χ0v) is 12.5. The highest BCUT2D eigenvalue weighted by atomic mass is 35.5. The van der Waals surface area contributed by atoms with Crippen molar-refractivity contribution in [1.82, 2.24) is 4.72 Å². The van der Waals surface area contributed by atoms with Gasteiger partial charge in [0.25, 0.3) is 0 Å². The highest BCUT2D eigenvalue weighted by Crippen LogP contribution is 2.14. The zero-order valence-electron chi connectivity index (χ0n) is 10.9. The van der Waals surface area contributed by atoms with Crippen molar-refractivity contribution in [3.63, 3.8) is 0 Å². The molecule has 0 amide bonds. The smallest absolute Gasteiger partial charge is 0.240 e. The maximum atomic E-state index is 11.9. The first-order valence-corrected chi connectivity index (χ1v) is 7.11. The Bertz CT molecular complexity index is 565. The molecule has 106 valence electrons. The van der Waals surface area contributed by atoms with Crippen LogP contribution in [-0.2, 0) is 10.0 Å². The molecule has 0 aliphatic heterocycles. The Balaban J connectivity index is 0.00000324. The van der Waals surface area contributed by atoms with E-state index in [1.165, 1.54) is 18.2 Å². The Morgan fingerprint density at radius 1 is 1.47 bits per heavy atom. The van der Waals surface area contributed by atoms with Crippen LogP contribution < -0.4 is 10.5 Å². The first-order chi connectivity index (χ1) is 8.36. The SMILES string of the molecule is Cc1cc(S(=O)(=O)NCCC(C)N)ccc1C#N.Cl. The molecule has 0 heterocycles. The van der Waals surface area contributed by atoms with E-state index >= 15 is 0 Å². The number of nitrogens with two attached hydrogens (primary N) is 1. The summed E-state index contributed by atoms with van der Waals surface area (Å²) >= 11 is 0. The van der Waals surface area contributed by atoms with Crippen molar-refractivity contribution in [1.29, 1.82) is 5.26 Å². The van der Waals surface area contributed by atoms with Crippen molar-refractivity contribution in [2.45, 2.75) is 31.2 Å². The summed E-state index contributed by atoms with van der Waals surface area (Å²) < 4.78 is 26.3. The van der Waals surface area contributed by atoms with E-state index < -0.39 is 10.0 Å². The van der Waals surface area contributed by atoms with Crippen LogP contribution in [0.25, 0.3) is 0 Å². The number of sulfonamides is 1. The molecule has 0 aliphatic rings. The van der Waals surface area contributed by atoms with Crippen molar-refractivity contribution in [3.05, 3.63) is 29.3 Å². The van der Waals surface area contributed by atoms with Crippen molar-refractivity contribution in [2.24, 2.45) is 5.73 Å². The van der Waals surface area contributed by atoms with Gasteiger partial charge in [0, 0.05) is 12.6 Å². The highest BCUT2D eigenvalue weighted by molar-refractivity contribution is 7.89. The lowest BCUT2D eigenvalue weighted by Gasteiger charge is -2.09. The fourth-order valence-electron chi connectivity index (χ4n) is 1.43. The number of rotatable bonds is 5. The molecule has 3 N–H and O–H groups in total. The number of benzene rings is 1. The van der Waals surface area contributed by atoms with E-state index in [9.17, 15) is 8.42 Å². The van der Waals surface area contributed by atoms with Crippen LogP contribution in [0.2, 0.25) is 0 Å². The number of nitriles is 1. The van der Waals surface area contributed by atoms with Gasteiger partial charge in [-0.15, -0.1) is 12.4 Å². The molecule has 1 atom stereocenters. The summed E-state index contributed by atoms with van der Waals surface area (Å²) in [5.41, 5.74) is 6.67. The van der Waals surface area contributed by atoms with E-state index in [1.807, 2.05) is 13.0 Å². The summed E-state index contributed by atoms with van der Waals surface area (Å²) in [6.07, 6.45) is 0.578. The second kappa shape index (κ2) is 7.46. The summed E-state index contributed by atoms with van der Waals surface area (Å²) in [5.74, 6) is 0. The predicted octanol–water partition coefficient (Wildman–Crippen LogP) is 1.30. The van der Waals surface area contributed by atoms with Gasteiger partial charge in [-0.3, -0.25) is 0 Å². The van der Waals surface area contributed by atoms with Gasteiger partial charge >= 0.3 is 0 Å². The Labute approximate surface area is 120 Å². The molecule has 0 radical (unpaired) electrons. The summed E-state index contributed by atoms with van der Waals surface area (Å²) in [6, 6.07) is 6.39. The third kappa shape index (κ3) is 5.17. The van der Waals surface area contributed by atoms with Crippen molar-refractivity contribution in [2.75, 3.05) is 6.54 Å². The Kier molecular flexibility index (Phi) is 7.01. The fourth-order valence-corrected chi connectivity index (χ4v) is 2.57. The second-order valence-corrected chi connectivity index (χ2v) is 6.02. The molecule has 0 bridgehead atoms. The van der Waals surface area contributed by atoms with Crippen LogP contribution in [0.5, 0.6) is 0 Å². The molecule has 1 unspecified atom stereocenters. The third-order valence-corrected chi connectivity index (χ3v) is 3.98. The number of hydrogen-bond acceptors (Lipinski definition) is 4. The maximum absolute atomic E-state index is 11.9. The number of nitrogens with one attached hydrogen (secondary N) is 1. The monoisotopic (exact) mass is 303 g/mol. The van der Waals surface area contributed by atoms with Crippen LogP contribution in [0.15, 0.2) is 23.1 Å². The molecule has 0 aromatic heterocycles. The van der Waals surface area contributed by atoms with Gasteiger partial charge < -0.3 is 5.73 Å². The number of halogens is 1. The van der Waals surface area contributed by atoms with E-state index in [4.69, 9.17) is 11.0 Å².